The Morgan fingerprint density at radius 2 is 1.75 bits per heavy atom. The number of sulfonamides is 1. The van der Waals surface area contributed by atoms with Crippen LogP contribution in [0.4, 0.5) is 0 Å². The predicted molar refractivity (Wildman–Crippen MR) is 81.0 cm³/mol. The molecule has 0 heterocycles. The Hall–Kier alpha value is -0.910. The molecule has 1 aromatic carbocycles. The Morgan fingerprint density at radius 1 is 1.20 bits per heavy atom. The molecule has 0 radical (unpaired) electrons. The molecular weight excluding hydrogens is 274 g/mol. The molecule has 1 unspecified atom stereocenters. The van der Waals surface area contributed by atoms with E-state index in [9.17, 15) is 8.42 Å². The number of aliphatic hydroxyl groups excluding tert-OH is 1. The summed E-state index contributed by atoms with van der Waals surface area (Å²) in [6, 6.07) is 6.63. The number of benzene rings is 1. The minimum atomic E-state index is -3.46. The zero-order valence-corrected chi connectivity index (χ0v) is 13.5. The molecule has 1 rings (SSSR count). The normalized spacial score (nSPS) is 14.2. The molecule has 0 spiro atoms. The van der Waals surface area contributed by atoms with Crippen LogP contribution in [-0.2, 0) is 16.4 Å². The molecule has 0 saturated heterocycles. The average Bonchev–Trinajstić information content (AvgIpc) is 2.36. The number of nitrogens with one attached hydrogen (secondary N) is 1. The number of aliphatic hydroxyl groups is 1. The molecular formula is C15H25NO3S. The second-order valence-electron chi connectivity index (χ2n) is 6.24. The molecule has 0 aliphatic carbocycles. The molecule has 0 bridgehead atoms. The van der Waals surface area contributed by atoms with Gasteiger partial charge in [0.05, 0.1) is 4.90 Å². The predicted octanol–water partition coefficient (Wildman–Crippen LogP) is 2.18. The monoisotopic (exact) mass is 299 g/mol. The van der Waals surface area contributed by atoms with E-state index in [0.717, 1.165) is 5.56 Å². The van der Waals surface area contributed by atoms with E-state index in [4.69, 9.17) is 5.11 Å². The Morgan fingerprint density at radius 3 is 2.20 bits per heavy atom. The molecule has 0 fully saturated rings. The fourth-order valence-corrected chi connectivity index (χ4v) is 2.72. The summed E-state index contributed by atoms with van der Waals surface area (Å²) in [7, 11) is -3.46. The molecule has 20 heavy (non-hydrogen) atoms. The van der Waals surface area contributed by atoms with E-state index in [2.05, 4.69) is 25.5 Å². The highest BCUT2D eigenvalue weighted by atomic mass is 32.2. The summed E-state index contributed by atoms with van der Waals surface area (Å²) >= 11 is 0. The highest BCUT2D eigenvalue weighted by molar-refractivity contribution is 7.89. The molecule has 0 aliphatic rings. The van der Waals surface area contributed by atoms with Crippen molar-refractivity contribution in [2.45, 2.75) is 39.0 Å². The van der Waals surface area contributed by atoms with E-state index in [1.165, 1.54) is 0 Å². The van der Waals surface area contributed by atoms with E-state index in [1.807, 2.05) is 6.92 Å². The summed E-state index contributed by atoms with van der Waals surface area (Å²) in [4.78, 5) is 0.264. The van der Waals surface area contributed by atoms with Gasteiger partial charge < -0.3 is 5.11 Å². The van der Waals surface area contributed by atoms with Gasteiger partial charge >= 0.3 is 0 Å². The van der Waals surface area contributed by atoms with Gasteiger partial charge in [0.2, 0.25) is 10.0 Å². The van der Waals surface area contributed by atoms with Gasteiger partial charge in [0, 0.05) is 13.2 Å². The lowest BCUT2D eigenvalue weighted by Crippen LogP contribution is -2.33. The molecule has 0 amide bonds. The van der Waals surface area contributed by atoms with E-state index in [1.54, 1.807) is 24.3 Å². The molecule has 114 valence electrons. The fourth-order valence-electron chi connectivity index (χ4n) is 1.59. The molecule has 5 heteroatoms. The zero-order valence-electron chi connectivity index (χ0n) is 12.7. The summed E-state index contributed by atoms with van der Waals surface area (Å²) in [6.45, 7) is 8.80. The van der Waals surface area contributed by atoms with Crippen molar-refractivity contribution >= 4 is 10.0 Å². The van der Waals surface area contributed by atoms with E-state index in [-0.39, 0.29) is 22.8 Å². The summed E-state index contributed by atoms with van der Waals surface area (Å²) < 4.78 is 27.0. The lowest BCUT2D eigenvalue weighted by Gasteiger charge is -2.27. The van der Waals surface area contributed by atoms with Crippen LogP contribution < -0.4 is 4.72 Å². The first-order chi connectivity index (χ1) is 9.16. The second kappa shape index (κ2) is 6.70. The Bertz CT molecular complexity index is 515. The fraction of sp³-hybridized carbons (Fsp3) is 0.600. The van der Waals surface area contributed by atoms with Gasteiger partial charge in [0.1, 0.15) is 0 Å². The van der Waals surface area contributed by atoms with Crippen molar-refractivity contribution in [3.63, 3.8) is 0 Å². The van der Waals surface area contributed by atoms with Crippen molar-refractivity contribution in [3.8, 4) is 0 Å². The second-order valence-corrected chi connectivity index (χ2v) is 8.00. The van der Waals surface area contributed by atoms with E-state index in [0.29, 0.717) is 13.0 Å². The number of hydrogen-bond acceptors (Lipinski definition) is 3. The number of hydrogen-bond donors (Lipinski definition) is 2. The molecule has 0 aromatic heterocycles. The minimum Gasteiger partial charge on any atom is -0.396 e. The topological polar surface area (TPSA) is 66.4 Å². The first-order valence-corrected chi connectivity index (χ1v) is 8.34. The standard InChI is InChI=1S/C15H25NO3S/c1-12(15(2,3)4)11-16-20(18,19)14-7-5-13(6-8-14)9-10-17/h5-8,12,16-17H,9-11H2,1-4H3. The molecule has 1 atom stereocenters. The maximum absolute atomic E-state index is 12.2. The third-order valence-electron chi connectivity index (χ3n) is 3.69. The smallest absolute Gasteiger partial charge is 0.240 e. The van der Waals surface area contributed by atoms with Gasteiger partial charge in [-0.1, -0.05) is 39.8 Å². The highest BCUT2D eigenvalue weighted by Crippen LogP contribution is 2.24. The van der Waals surface area contributed by atoms with Crippen molar-refractivity contribution in [3.05, 3.63) is 29.8 Å². The summed E-state index contributed by atoms with van der Waals surface area (Å²) in [5.74, 6) is 0.242. The maximum Gasteiger partial charge on any atom is 0.240 e. The van der Waals surface area contributed by atoms with Crippen molar-refractivity contribution in [1.29, 1.82) is 0 Å². The van der Waals surface area contributed by atoms with Gasteiger partial charge in [-0.3, -0.25) is 0 Å². The lowest BCUT2D eigenvalue weighted by molar-refractivity contribution is 0.263. The van der Waals surface area contributed by atoms with Crippen molar-refractivity contribution in [2.24, 2.45) is 11.3 Å². The third-order valence-corrected chi connectivity index (χ3v) is 5.13. The van der Waals surface area contributed by atoms with E-state index < -0.39 is 10.0 Å². The van der Waals surface area contributed by atoms with E-state index >= 15 is 0 Å². The Kier molecular flexibility index (Phi) is 5.74. The van der Waals surface area contributed by atoms with Crippen LogP contribution in [0.3, 0.4) is 0 Å². The van der Waals surface area contributed by atoms with Crippen LogP contribution >= 0.6 is 0 Å². The van der Waals surface area contributed by atoms with Crippen molar-refractivity contribution in [2.75, 3.05) is 13.2 Å². The third kappa shape index (κ3) is 4.89. The largest absolute Gasteiger partial charge is 0.396 e. The Labute approximate surface area is 122 Å². The van der Waals surface area contributed by atoms with Crippen LogP contribution in [-0.4, -0.2) is 26.7 Å². The molecule has 0 aliphatic heterocycles. The van der Waals surface area contributed by atoms with Gasteiger partial charge in [-0.05, 0) is 35.4 Å². The Balaban J connectivity index is 2.74. The SMILES string of the molecule is CC(CNS(=O)(=O)c1ccc(CCO)cc1)C(C)(C)C. The minimum absolute atomic E-state index is 0.0629. The summed E-state index contributed by atoms with van der Waals surface area (Å²) in [5.41, 5.74) is 0.988. The molecule has 4 nitrogen and oxygen atoms in total. The van der Waals surface area contributed by atoms with Crippen LogP contribution in [0.15, 0.2) is 29.2 Å². The van der Waals surface area contributed by atoms with Gasteiger partial charge in [-0.15, -0.1) is 0 Å². The van der Waals surface area contributed by atoms with Crippen LogP contribution in [0.5, 0.6) is 0 Å². The van der Waals surface area contributed by atoms with Gasteiger partial charge in [-0.25, -0.2) is 13.1 Å². The van der Waals surface area contributed by atoms with Crippen LogP contribution in [0, 0.1) is 11.3 Å². The van der Waals surface area contributed by atoms with Gasteiger partial charge in [-0.2, -0.15) is 0 Å². The number of rotatable bonds is 6. The zero-order chi connectivity index (χ0) is 15.4. The summed E-state index contributed by atoms with van der Waals surface area (Å²) in [5, 5.41) is 8.84. The van der Waals surface area contributed by atoms with Crippen LogP contribution in [0.1, 0.15) is 33.3 Å². The quantitative estimate of drug-likeness (QED) is 0.846. The first-order valence-electron chi connectivity index (χ1n) is 6.86. The first kappa shape index (κ1) is 17.1. The van der Waals surface area contributed by atoms with Crippen LogP contribution in [0.25, 0.3) is 0 Å². The van der Waals surface area contributed by atoms with Gasteiger partial charge in [0.15, 0.2) is 0 Å². The molecule has 0 saturated carbocycles. The molecule has 1 aromatic rings. The van der Waals surface area contributed by atoms with Crippen LogP contribution in [0.2, 0.25) is 0 Å². The summed E-state index contributed by atoms with van der Waals surface area (Å²) in [6.07, 6.45) is 0.537. The highest BCUT2D eigenvalue weighted by Gasteiger charge is 2.22. The lowest BCUT2D eigenvalue weighted by atomic mass is 9.82. The average molecular weight is 299 g/mol. The molecule has 2 N–H and O–H groups in total. The van der Waals surface area contributed by atoms with Crippen molar-refractivity contribution < 1.29 is 13.5 Å². The van der Waals surface area contributed by atoms with Crippen molar-refractivity contribution in [1.82, 2.24) is 4.72 Å². The van der Waals surface area contributed by atoms with Gasteiger partial charge in [0.25, 0.3) is 0 Å². The maximum atomic E-state index is 12.2.